The summed E-state index contributed by atoms with van der Waals surface area (Å²) in [6.45, 7) is 2.12. The van der Waals surface area contributed by atoms with Crippen molar-refractivity contribution < 1.29 is 5.11 Å². The van der Waals surface area contributed by atoms with E-state index in [1.165, 1.54) is 30.4 Å². The minimum absolute atomic E-state index is 0.195. The molecule has 1 aliphatic carbocycles. The Bertz CT molecular complexity index is 366. The number of rotatable bonds is 3. The first-order valence-electron chi connectivity index (χ1n) is 6.71. The molecule has 0 bridgehead atoms. The van der Waals surface area contributed by atoms with Crippen LogP contribution < -0.4 is 0 Å². The predicted molar refractivity (Wildman–Crippen MR) is 72.0 cm³/mol. The third kappa shape index (κ3) is 3.19. The average molecular weight is 230 g/mol. The second-order valence-electron chi connectivity index (χ2n) is 5.02. The smallest absolute Gasteiger partial charge is 0.0815 e. The molecule has 2 unspecified atom stereocenters. The molecule has 0 saturated carbocycles. The van der Waals surface area contributed by atoms with E-state index < -0.39 is 0 Å². The number of allylic oxidation sites excluding steroid dienone is 1. The van der Waals surface area contributed by atoms with Crippen molar-refractivity contribution in [1.29, 1.82) is 0 Å². The first-order chi connectivity index (χ1) is 8.29. The Morgan fingerprint density at radius 3 is 2.59 bits per heavy atom. The molecule has 1 nitrogen and oxygen atoms in total. The summed E-state index contributed by atoms with van der Waals surface area (Å²) in [5.74, 6) is 0.195. The van der Waals surface area contributed by atoms with Crippen LogP contribution in [0.15, 0.2) is 42.0 Å². The van der Waals surface area contributed by atoms with Crippen LogP contribution in [0.3, 0.4) is 0 Å². The highest BCUT2D eigenvalue weighted by Gasteiger charge is 2.20. The molecule has 0 fully saturated rings. The minimum atomic E-state index is -0.310. The molecule has 1 aromatic rings. The molecule has 0 saturated heterocycles. The largest absolute Gasteiger partial charge is 0.388 e. The molecule has 1 N–H and O–H groups in total. The van der Waals surface area contributed by atoms with Crippen LogP contribution in [0.5, 0.6) is 0 Å². The molecule has 2 rings (SSSR count). The summed E-state index contributed by atoms with van der Waals surface area (Å²) >= 11 is 0. The van der Waals surface area contributed by atoms with Crippen LogP contribution >= 0.6 is 0 Å². The van der Waals surface area contributed by atoms with Crippen molar-refractivity contribution >= 4 is 0 Å². The van der Waals surface area contributed by atoms with Gasteiger partial charge in [-0.2, -0.15) is 0 Å². The SMILES string of the molecule is CC(c1ccccc1)C(O)C1=CCCCCC1. The zero-order valence-corrected chi connectivity index (χ0v) is 10.6. The molecule has 2 atom stereocenters. The summed E-state index contributed by atoms with van der Waals surface area (Å²) in [7, 11) is 0. The van der Waals surface area contributed by atoms with E-state index in [1.807, 2.05) is 18.2 Å². The summed E-state index contributed by atoms with van der Waals surface area (Å²) in [4.78, 5) is 0. The van der Waals surface area contributed by atoms with E-state index in [-0.39, 0.29) is 12.0 Å². The Kier molecular flexibility index (Phi) is 4.38. The van der Waals surface area contributed by atoms with Gasteiger partial charge in [0.2, 0.25) is 0 Å². The summed E-state index contributed by atoms with van der Waals surface area (Å²) in [5, 5.41) is 10.5. The van der Waals surface area contributed by atoms with Crippen LogP contribution in [0.1, 0.15) is 50.5 Å². The van der Waals surface area contributed by atoms with Gasteiger partial charge in [0.1, 0.15) is 0 Å². The van der Waals surface area contributed by atoms with E-state index in [0.29, 0.717) is 0 Å². The van der Waals surface area contributed by atoms with Gasteiger partial charge in [0, 0.05) is 5.92 Å². The molecule has 0 aliphatic heterocycles. The van der Waals surface area contributed by atoms with Crippen LogP contribution in [0.25, 0.3) is 0 Å². The zero-order chi connectivity index (χ0) is 12.1. The zero-order valence-electron chi connectivity index (χ0n) is 10.6. The highest BCUT2D eigenvalue weighted by atomic mass is 16.3. The van der Waals surface area contributed by atoms with Crippen molar-refractivity contribution in [3.8, 4) is 0 Å². The van der Waals surface area contributed by atoms with Crippen molar-refractivity contribution in [2.24, 2.45) is 0 Å². The van der Waals surface area contributed by atoms with Gasteiger partial charge in [-0.25, -0.2) is 0 Å². The van der Waals surface area contributed by atoms with E-state index in [9.17, 15) is 5.11 Å². The molecule has 1 heteroatoms. The molecule has 0 radical (unpaired) electrons. The van der Waals surface area contributed by atoms with Crippen molar-refractivity contribution in [2.45, 2.75) is 51.0 Å². The molecule has 1 aromatic carbocycles. The lowest BCUT2D eigenvalue weighted by molar-refractivity contribution is 0.180. The van der Waals surface area contributed by atoms with Gasteiger partial charge in [-0.1, -0.05) is 49.8 Å². The molecule has 17 heavy (non-hydrogen) atoms. The lowest BCUT2D eigenvalue weighted by Gasteiger charge is -2.22. The molecule has 0 aromatic heterocycles. The first kappa shape index (κ1) is 12.4. The molecule has 0 heterocycles. The third-order valence-corrected chi connectivity index (χ3v) is 3.75. The maximum absolute atomic E-state index is 10.5. The average Bonchev–Trinajstić information content (AvgIpc) is 2.67. The Balaban J connectivity index is 2.08. The summed E-state index contributed by atoms with van der Waals surface area (Å²) in [6.07, 6.45) is 7.95. The molecular formula is C16H22O. The monoisotopic (exact) mass is 230 g/mol. The Morgan fingerprint density at radius 2 is 1.82 bits per heavy atom. The standard InChI is InChI=1S/C16H22O/c1-13(14-9-7-4-8-10-14)16(17)15-11-5-2-3-6-12-15/h4,7-11,13,16-17H,2-3,5-6,12H2,1H3. The Hall–Kier alpha value is -1.08. The number of aliphatic hydroxyl groups excluding tert-OH is 1. The maximum atomic E-state index is 10.5. The fourth-order valence-corrected chi connectivity index (χ4v) is 2.57. The summed E-state index contributed by atoms with van der Waals surface area (Å²) < 4.78 is 0. The van der Waals surface area contributed by atoms with Crippen LogP contribution in [0.2, 0.25) is 0 Å². The minimum Gasteiger partial charge on any atom is -0.388 e. The van der Waals surface area contributed by atoms with Crippen LogP contribution in [0.4, 0.5) is 0 Å². The van der Waals surface area contributed by atoms with Crippen LogP contribution in [0, 0.1) is 0 Å². The normalized spacial score (nSPS) is 20.2. The van der Waals surface area contributed by atoms with Gasteiger partial charge in [-0.15, -0.1) is 0 Å². The van der Waals surface area contributed by atoms with E-state index in [4.69, 9.17) is 0 Å². The summed E-state index contributed by atoms with van der Waals surface area (Å²) in [6, 6.07) is 10.3. The number of hydrogen-bond donors (Lipinski definition) is 1. The van der Waals surface area contributed by atoms with E-state index in [2.05, 4.69) is 25.1 Å². The number of aliphatic hydroxyl groups is 1. The molecule has 0 spiro atoms. The molecule has 1 aliphatic rings. The van der Waals surface area contributed by atoms with Crippen molar-refractivity contribution in [1.82, 2.24) is 0 Å². The highest BCUT2D eigenvalue weighted by molar-refractivity contribution is 5.24. The van der Waals surface area contributed by atoms with E-state index in [0.717, 1.165) is 12.8 Å². The lowest BCUT2D eigenvalue weighted by atomic mass is 9.89. The number of hydrogen-bond acceptors (Lipinski definition) is 1. The van der Waals surface area contributed by atoms with Crippen molar-refractivity contribution in [3.05, 3.63) is 47.5 Å². The summed E-state index contributed by atoms with van der Waals surface area (Å²) in [5.41, 5.74) is 2.48. The Morgan fingerprint density at radius 1 is 1.06 bits per heavy atom. The van der Waals surface area contributed by atoms with Crippen molar-refractivity contribution in [3.63, 3.8) is 0 Å². The van der Waals surface area contributed by atoms with Crippen LogP contribution in [-0.2, 0) is 0 Å². The van der Waals surface area contributed by atoms with Crippen LogP contribution in [-0.4, -0.2) is 11.2 Å². The number of benzene rings is 1. The van der Waals surface area contributed by atoms with E-state index >= 15 is 0 Å². The second kappa shape index (κ2) is 6.02. The first-order valence-corrected chi connectivity index (χ1v) is 6.71. The molecule has 92 valence electrons. The fraction of sp³-hybridized carbons (Fsp3) is 0.500. The topological polar surface area (TPSA) is 20.2 Å². The highest BCUT2D eigenvalue weighted by Crippen LogP contribution is 2.28. The fourth-order valence-electron chi connectivity index (χ4n) is 2.57. The lowest BCUT2D eigenvalue weighted by Crippen LogP contribution is -2.18. The van der Waals surface area contributed by atoms with Gasteiger partial charge in [0.25, 0.3) is 0 Å². The second-order valence-corrected chi connectivity index (χ2v) is 5.02. The third-order valence-electron chi connectivity index (χ3n) is 3.75. The quantitative estimate of drug-likeness (QED) is 0.777. The van der Waals surface area contributed by atoms with Gasteiger partial charge in [-0.3, -0.25) is 0 Å². The van der Waals surface area contributed by atoms with Gasteiger partial charge in [0.05, 0.1) is 6.10 Å². The van der Waals surface area contributed by atoms with E-state index in [1.54, 1.807) is 0 Å². The van der Waals surface area contributed by atoms with Gasteiger partial charge >= 0.3 is 0 Å². The van der Waals surface area contributed by atoms with Gasteiger partial charge in [0.15, 0.2) is 0 Å². The predicted octanol–water partition coefficient (Wildman–Crippen LogP) is 4.04. The van der Waals surface area contributed by atoms with Crippen molar-refractivity contribution in [2.75, 3.05) is 0 Å². The van der Waals surface area contributed by atoms with Gasteiger partial charge < -0.3 is 5.11 Å². The Labute approximate surface area is 104 Å². The van der Waals surface area contributed by atoms with Gasteiger partial charge in [-0.05, 0) is 36.8 Å². The maximum Gasteiger partial charge on any atom is 0.0815 e. The molecule has 0 amide bonds. The molecular weight excluding hydrogens is 208 g/mol.